The Hall–Kier alpha value is -4.87. The van der Waals surface area contributed by atoms with Crippen LogP contribution >= 0.6 is 23.1 Å². The minimum atomic E-state index is 0.406. The summed E-state index contributed by atoms with van der Waals surface area (Å²) in [5.41, 5.74) is 6.89. The first-order chi connectivity index (χ1) is 18.9. The molecule has 9 nitrogen and oxygen atoms in total. The molecule has 0 aliphatic rings. The van der Waals surface area contributed by atoms with Gasteiger partial charge in [0.15, 0.2) is 5.69 Å². The predicted octanol–water partition coefficient (Wildman–Crippen LogP) is 6.89. The summed E-state index contributed by atoms with van der Waals surface area (Å²) in [7, 11) is 0. The molecule has 38 heavy (non-hydrogen) atoms. The summed E-state index contributed by atoms with van der Waals surface area (Å²) in [6, 6.07) is 17.6. The average molecular weight is 532 g/mol. The third-order valence-electron chi connectivity index (χ3n) is 6.34. The molecule has 8 rings (SSSR count). The highest BCUT2D eigenvalue weighted by molar-refractivity contribution is 7.11. The number of rotatable bonds is 4. The topological polar surface area (TPSA) is 117 Å². The van der Waals surface area contributed by atoms with E-state index in [9.17, 15) is 0 Å². The molecule has 7 aromatic heterocycles. The highest BCUT2D eigenvalue weighted by atomic mass is 32.1. The van der Waals surface area contributed by atoms with Crippen molar-refractivity contribution in [1.29, 1.82) is 0 Å². The lowest BCUT2D eigenvalue weighted by Crippen LogP contribution is -1.98. The molecule has 0 bridgehead atoms. The highest BCUT2D eigenvalue weighted by Gasteiger charge is 2.29. The number of hydrogen-bond acceptors (Lipinski definition) is 11. The fraction of sp³-hybridized carbons (Fsp3) is 0. The van der Waals surface area contributed by atoms with Gasteiger partial charge in [0.05, 0.1) is 17.1 Å². The molecule has 0 saturated carbocycles. The molecule has 0 saturated heterocycles. The lowest BCUT2D eigenvalue weighted by Gasteiger charge is -2.14. The van der Waals surface area contributed by atoms with E-state index in [2.05, 4.69) is 31.8 Å². The molecule has 180 valence electrons. The quantitative estimate of drug-likeness (QED) is 0.239. The minimum Gasteiger partial charge on any atom is -0.364 e. The fourth-order valence-corrected chi connectivity index (χ4v) is 6.03. The first-order valence-electron chi connectivity index (χ1n) is 11.6. The zero-order chi connectivity index (χ0) is 25.1. The Morgan fingerprint density at radius 1 is 0.711 bits per heavy atom. The molecular weight excluding hydrogens is 518 g/mol. The van der Waals surface area contributed by atoms with Crippen LogP contribution in [0.5, 0.6) is 0 Å². The molecule has 0 spiro atoms. The standard InChI is InChI=1S/C27H13N7O2S2/c1-2-5-15-14(4-1)7-11-29-21(15)20-19(16-9-13-37-33-16)24(27-22-17(34-38-27)6-3-10-28-22)30-25-23(20)32-36-26(25)18-8-12-35-31-18/h1-13H. The molecule has 1 aromatic carbocycles. The van der Waals surface area contributed by atoms with E-state index in [1.807, 2.05) is 41.8 Å². The maximum absolute atomic E-state index is 5.86. The van der Waals surface area contributed by atoms with Crippen LogP contribution in [0.15, 0.2) is 87.7 Å². The van der Waals surface area contributed by atoms with Crippen LogP contribution in [0.4, 0.5) is 0 Å². The minimum absolute atomic E-state index is 0.406. The van der Waals surface area contributed by atoms with Gasteiger partial charge in [0.2, 0.25) is 5.76 Å². The van der Waals surface area contributed by atoms with E-state index in [0.717, 1.165) is 49.2 Å². The lowest BCUT2D eigenvalue weighted by atomic mass is 9.94. The van der Waals surface area contributed by atoms with Gasteiger partial charge in [-0.15, -0.1) is 0 Å². The van der Waals surface area contributed by atoms with Gasteiger partial charge in [-0.05, 0) is 52.7 Å². The van der Waals surface area contributed by atoms with Gasteiger partial charge < -0.3 is 9.05 Å². The monoisotopic (exact) mass is 531 g/mol. The maximum Gasteiger partial charge on any atom is 0.215 e. The van der Waals surface area contributed by atoms with Crippen LogP contribution in [0.2, 0.25) is 0 Å². The zero-order valence-electron chi connectivity index (χ0n) is 19.3. The number of nitrogens with zero attached hydrogens (tertiary/aromatic N) is 7. The van der Waals surface area contributed by atoms with Crippen molar-refractivity contribution in [1.82, 2.24) is 34.0 Å². The molecule has 0 atom stereocenters. The summed E-state index contributed by atoms with van der Waals surface area (Å²) in [6.45, 7) is 0. The van der Waals surface area contributed by atoms with Crippen molar-refractivity contribution >= 4 is 55.9 Å². The largest absolute Gasteiger partial charge is 0.364 e. The first-order valence-corrected chi connectivity index (χ1v) is 13.2. The van der Waals surface area contributed by atoms with Crippen molar-refractivity contribution in [2.45, 2.75) is 0 Å². The van der Waals surface area contributed by atoms with Crippen LogP contribution in [0.25, 0.3) is 77.4 Å². The van der Waals surface area contributed by atoms with Gasteiger partial charge in [0, 0.05) is 40.4 Å². The summed E-state index contributed by atoms with van der Waals surface area (Å²) < 4.78 is 20.3. The normalized spacial score (nSPS) is 11.7. The maximum atomic E-state index is 5.86. The number of fused-ring (bicyclic) bond motifs is 3. The van der Waals surface area contributed by atoms with E-state index >= 15 is 0 Å². The van der Waals surface area contributed by atoms with Crippen LogP contribution in [0.3, 0.4) is 0 Å². The third-order valence-corrected chi connectivity index (χ3v) is 7.76. The Bertz CT molecular complexity index is 2090. The fourth-order valence-electron chi connectivity index (χ4n) is 4.70. The molecule has 0 fully saturated rings. The van der Waals surface area contributed by atoms with Crippen molar-refractivity contribution in [2.24, 2.45) is 0 Å². The zero-order valence-corrected chi connectivity index (χ0v) is 20.9. The molecule has 0 aliphatic carbocycles. The van der Waals surface area contributed by atoms with Gasteiger partial charge in [-0.2, -0.15) is 8.75 Å². The Labute approximate surface area is 221 Å². The van der Waals surface area contributed by atoms with Gasteiger partial charge in [-0.1, -0.05) is 34.6 Å². The molecule has 11 heteroatoms. The van der Waals surface area contributed by atoms with E-state index in [0.29, 0.717) is 28.2 Å². The molecular formula is C27H13N7O2S2. The summed E-state index contributed by atoms with van der Waals surface area (Å²) in [5, 5.41) is 12.6. The first kappa shape index (κ1) is 21.2. The molecule has 0 radical (unpaired) electrons. The Morgan fingerprint density at radius 3 is 2.58 bits per heavy atom. The molecule has 0 amide bonds. The lowest BCUT2D eigenvalue weighted by molar-refractivity contribution is 0.409. The van der Waals surface area contributed by atoms with E-state index in [-0.39, 0.29) is 0 Å². The van der Waals surface area contributed by atoms with Crippen LogP contribution in [0, 0.1) is 0 Å². The van der Waals surface area contributed by atoms with Crippen molar-refractivity contribution < 1.29 is 9.05 Å². The van der Waals surface area contributed by atoms with E-state index in [1.165, 1.54) is 29.3 Å². The molecule has 0 aliphatic heterocycles. The molecule has 0 N–H and O–H groups in total. The second-order valence-corrected chi connectivity index (χ2v) is 9.89. The van der Waals surface area contributed by atoms with Gasteiger partial charge in [-0.3, -0.25) is 9.97 Å². The Kier molecular flexibility index (Phi) is 4.66. The van der Waals surface area contributed by atoms with Crippen molar-refractivity contribution in [3.8, 4) is 44.5 Å². The average Bonchev–Trinajstić information content (AvgIpc) is 3.78. The van der Waals surface area contributed by atoms with E-state index in [4.69, 9.17) is 23.4 Å². The Balaban J connectivity index is 1.59. The predicted molar refractivity (Wildman–Crippen MR) is 146 cm³/mol. The van der Waals surface area contributed by atoms with Crippen LogP contribution in [-0.4, -0.2) is 34.0 Å². The van der Waals surface area contributed by atoms with Crippen molar-refractivity contribution in [3.05, 3.63) is 78.6 Å². The van der Waals surface area contributed by atoms with Crippen LogP contribution in [0.1, 0.15) is 0 Å². The van der Waals surface area contributed by atoms with Crippen molar-refractivity contribution in [3.63, 3.8) is 0 Å². The van der Waals surface area contributed by atoms with Gasteiger partial charge in [0.25, 0.3) is 0 Å². The van der Waals surface area contributed by atoms with E-state index in [1.54, 1.807) is 18.5 Å². The number of benzene rings is 1. The summed E-state index contributed by atoms with van der Waals surface area (Å²) in [5.74, 6) is 0.406. The summed E-state index contributed by atoms with van der Waals surface area (Å²) >= 11 is 2.71. The third kappa shape index (κ3) is 3.12. The molecule has 7 heterocycles. The summed E-state index contributed by atoms with van der Waals surface area (Å²) in [6.07, 6.45) is 5.05. The van der Waals surface area contributed by atoms with E-state index < -0.39 is 0 Å². The van der Waals surface area contributed by atoms with Crippen LogP contribution < -0.4 is 0 Å². The van der Waals surface area contributed by atoms with Crippen molar-refractivity contribution in [2.75, 3.05) is 0 Å². The second-order valence-electron chi connectivity index (χ2n) is 8.45. The van der Waals surface area contributed by atoms with Gasteiger partial charge in [0.1, 0.15) is 33.2 Å². The smallest absolute Gasteiger partial charge is 0.215 e. The molecule has 0 unspecified atom stereocenters. The highest BCUT2D eigenvalue weighted by Crippen LogP contribution is 2.47. The summed E-state index contributed by atoms with van der Waals surface area (Å²) in [4.78, 5) is 15.5. The SMILES string of the molecule is c1ccc2c(-c3c(-c4ccsn4)c(-c4snc5cccnc45)nc4c(-c5ccon5)onc34)nccc2c1. The second kappa shape index (κ2) is 8.33. The van der Waals surface area contributed by atoms with Gasteiger partial charge >= 0.3 is 0 Å². The van der Waals surface area contributed by atoms with Gasteiger partial charge in [-0.25, -0.2) is 4.98 Å². The number of pyridine rings is 3. The molecule has 8 aromatic rings. The van der Waals surface area contributed by atoms with Crippen LogP contribution in [-0.2, 0) is 0 Å². The number of aromatic nitrogens is 7. The number of hydrogen-bond donors (Lipinski definition) is 0. The Morgan fingerprint density at radius 2 is 1.68 bits per heavy atom.